The molecule has 1 spiro atoms. The van der Waals surface area contributed by atoms with E-state index in [1.165, 1.54) is 0 Å². The average molecular weight is 547 g/mol. The molecule has 1 aromatic carbocycles. The lowest BCUT2D eigenvalue weighted by Crippen LogP contribution is -2.72. The Morgan fingerprint density at radius 2 is 1.60 bits per heavy atom. The van der Waals surface area contributed by atoms with Crippen LogP contribution in [0.25, 0.3) is 0 Å². The van der Waals surface area contributed by atoms with Crippen LogP contribution in [0.15, 0.2) is 46.6 Å². The summed E-state index contributed by atoms with van der Waals surface area (Å²) in [6.07, 6.45) is 8.92. The van der Waals surface area contributed by atoms with E-state index >= 15 is 0 Å². The fraction of sp³-hybridized carbons (Fsp3) is 0.485. The summed E-state index contributed by atoms with van der Waals surface area (Å²) in [5.41, 5.74) is -0.386. The molecule has 3 aliphatic carbocycles. The minimum atomic E-state index is -1.54. The molecule has 2 heterocycles. The number of phenols is 2. The molecule has 7 heteroatoms. The predicted octanol–water partition coefficient (Wildman–Crippen LogP) is 5.66. The lowest BCUT2D eigenvalue weighted by atomic mass is 9.51. The summed E-state index contributed by atoms with van der Waals surface area (Å²) in [6.45, 7) is 13.2. The Labute approximate surface area is 235 Å². The van der Waals surface area contributed by atoms with Gasteiger partial charge >= 0.3 is 0 Å². The van der Waals surface area contributed by atoms with Crippen LogP contribution in [0.3, 0.4) is 0 Å². The molecule has 0 radical (unpaired) electrons. The zero-order valence-corrected chi connectivity index (χ0v) is 24.3. The number of aldehydes is 1. The van der Waals surface area contributed by atoms with Gasteiger partial charge in [0.15, 0.2) is 22.8 Å². The number of carbonyl (C=O) groups is 3. The largest absolute Gasteiger partial charge is 0.507 e. The molecule has 0 amide bonds. The molecule has 6 rings (SSSR count). The predicted molar refractivity (Wildman–Crippen MR) is 151 cm³/mol. The van der Waals surface area contributed by atoms with Gasteiger partial charge in [-0.2, -0.15) is 0 Å². The number of hydrogen-bond donors (Lipinski definition) is 2. The first kappa shape index (κ1) is 28.1. The molecule has 0 aromatic heterocycles. The number of Topliss-reactive ketones (excluding diaryl/α,β-unsaturated/α-hetero) is 2. The van der Waals surface area contributed by atoms with Crippen LogP contribution in [0.5, 0.6) is 17.2 Å². The quantitative estimate of drug-likeness (QED) is 0.258. The molecule has 2 fully saturated rings. The van der Waals surface area contributed by atoms with Crippen LogP contribution >= 0.6 is 0 Å². The summed E-state index contributed by atoms with van der Waals surface area (Å²) >= 11 is 0. The summed E-state index contributed by atoms with van der Waals surface area (Å²) in [5, 5.41) is 23.0. The number of phenolic OH excluding ortho intramolecular Hbond substituents is 2. The van der Waals surface area contributed by atoms with E-state index in [4.69, 9.17) is 9.47 Å². The van der Waals surface area contributed by atoms with Crippen LogP contribution in [0, 0.1) is 11.8 Å². The first-order valence-corrected chi connectivity index (χ1v) is 13.9. The lowest BCUT2D eigenvalue weighted by Gasteiger charge is -2.56. The number of hydrogen-bond acceptors (Lipinski definition) is 7. The average Bonchev–Trinajstić information content (AvgIpc) is 3.03. The minimum absolute atomic E-state index is 0.0101. The van der Waals surface area contributed by atoms with Gasteiger partial charge in [-0.25, -0.2) is 0 Å². The van der Waals surface area contributed by atoms with Crippen molar-refractivity contribution in [2.75, 3.05) is 0 Å². The van der Waals surface area contributed by atoms with Gasteiger partial charge in [-0.3, -0.25) is 14.4 Å². The number of aromatic hydroxyl groups is 2. The molecule has 5 aliphatic rings. The second-order valence-electron chi connectivity index (χ2n) is 12.6. The number of rotatable bonds is 7. The van der Waals surface area contributed by atoms with Gasteiger partial charge in [-0.05, 0) is 73.3 Å². The van der Waals surface area contributed by atoms with Gasteiger partial charge in [0.1, 0.15) is 29.1 Å². The zero-order valence-electron chi connectivity index (χ0n) is 24.3. The third-order valence-corrected chi connectivity index (χ3v) is 9.02. The summed E-state index contributed by atoms with van der Waals surface area (Å²) < 4.78 is 13.6. The number of fused-ring (bicyclic) bond motifs is 1. The molecule has 2 N–H and O–H groups in total. The number of carbonyl (C=O) groups excluding carboxylic acids is 3. The Hall–Kier alpha value is -3.45. The molecule has 212 valence electrons. The molecular formula is C33H38O7. The van der Waals surface area contributed by atoms with E-state index in [1.807, 2.05) is 53.7 Å². The second kappa shape index (κ2) is 9.30. The summed E-state index contributed by atoms with van der Waals surface area (Å²) in [7, 11) is 0. The first-order chi connectivity index (χ1) is 18.7. The standard InChI is InChI=1S/C33H38O7/c1-17(2)8-10-21-26(35)22(11-9-18(3)4)29-25(27(21)36)28(37)23-14-20-15-24-31(6,7)40-32(30(20)38,33(23,24)39-29)13-12-19(5)16-34/h8-9,12,14,16,20,24,35-36H,10-11,13,15H2,1-7H3/t20-,24+,32+,33-/m0/s1. The van der Waals surface area contributed by atoms with Crippen molar-refractivity contribution in [3.63, 3.8) is 0 Å². The van der Waals surface area contributed by atoms with Crippen molar-refractivity contribution in [2.24, 2.45) is 11.8 Å². The molecule has 40 heavy (non-hydrogen) atoms. The van der Waals surface area contributed by atoms with Crippen molar-refractivity contribution in [1.82, 2.24) is 0 Å². The van der Waals surface area contributed by atoms with Gasteiger partial charge in [0.2, 0.25) is 0 Å². The molecule has 1 aromatic rings. The van der Waals surface area contributed by atoms with Gasteiger partial charge in [0.25, 0.3) is 0 Å². The highest BCUT2D eigenvalue weighted by atomic mass is 16.6. The van der Waals surface area contributed by atoms with Gasteiger partial charge in [0.05, 0.1) is 5.60 Å². The maximum Gasteiger partial charge on any atom is 0.200 e. The molecular weight excluding hydrogens is 508 g/mol. The Morgan fingerprint density at radius 3 is 2.20 bits per heavy atom. The maximum absolute atomic E-state index is 14.5. The van der Waals surface area contributed by atoms with Crippen LogP contribution < -0.4 is 4.74 Å². The van der Waals surface area contributed by atoms with E-state index in [2.05, 4.69) is 0 Å². The van der Waals surface area contributed by atoms with E-state index in [9.17, 15) is 24.6 Å². The fourth-order valence-electron chi connectivity index (χ4n) is 7.11. The van der Waals surface area contributed by atoms with Crippen LogP contribution in [0.1, 0.15) is 82.8 Å². The van der Waals surface area contributed by atoms with E-state index < -0.39 is 28.5 Å². The van der Waals surface area contributed by atoms with Crippen LogP contribution in [0.2, 0.25) is 0 Å². The Bertz CT molecular complexity index is 1460. The van der Waals surface area contributed by atoms with E-state index in [0.717, 1.165) is 17.4 Å². The van der Waals surface area contributed by atoms with Crippen molar-refractivity contribution in [1.29, 1.82) is 0 Å². The number of ketones is 2. The molecule has 0 unspecified atom stereocenters. The molecule has 7 nitrogen and oxygen atoms in total. The number of ether oxygens (including phenoxy) is 2. The third-order valence-electron chi connectivity index (χ3n) is 9.02. The highest BCUT2D eigenvalue weighted by Crippen LogP contribution is 2.68. The smallest absolute Gasteiger partial charge is 0.200 e. The highest BCUT2D eigenvalue weighted by molar-refractivity contribution is 6.18. The SMILES string of the molecule is CC(C)=CCc1c(O)c(CC=C(C)C)c2c(c1O)C(=O)C1=C[C@H]3C[C@@H]4C(C)(C)O[C@](CC=C(C)C=O)(C3=O)[C@]14O2. The van der Waals surface area contributed by atoms with Crippen LogP contribution in [-0.4, -0.2) is 44.9 Å². The molecule has 2 aliphatic heterocycles. The minimum Gasteiger partial charge on any atom is -0.507 e. The van der Waals surface area contributed by atoms with Crippen molar-refractivity contribution in [3.05, 3.63) is 63.3 Å². The normalized spacial score (nSPS) is 29.3. The third kappa shape index (κ3) is 3.70. The molecule has 4 atom stereocenters. The second-order valence-corrected chi connectivity index (χ2v) is 12.6. The van der Waals surface area contributed by atoms with Crippen molar-refractivity contribution < 1.29 is 34.1 Å². The highest BCUT2D eigenvalue weighted by Gasteiger charge is 2.81. The number of benzene rings is 1. The summed E-state index contributed by atoms with van der Waals surface area (Å²) in [4.78, 5) is 40.0. The molecule has 1 saturated heterocycles. The maximum atomic E-state index is 14.5. The topological polar surface area (TPSA) is 110 Å². The Morgan fingerprint density at radius 1 is 0.975 bits per heavy atom. The van der Waals surface area contributed by atoms with E-state index in [-0.39, 0.29) is 59.3 Å². The molecule has 1 saturated carbocycles. The number of allylic oxidation sites excluding steroid dienone is 6. The summed E-state index contributed by atoms with van der Waals surface area (Å²) in [6, 6.07) is 0. The zero-order chi connectivity index (χ0) is 29.4. The van der Waals surface area contributed by atoms with Crippen molar-refractivity contribution >= 4 is 17.9 Å². The lowest BCUT2D eigenvalue weighted by molar-refractivity contribution is -0.171. The van der Waals surface area contributed by atoms with E-state index in [1.54, 1.807) is 19.1 Å². The molecule has 4 bridgehead atoms. The Kier molecular flexibility index (Phi) is 6.53. The van der Waals surface area contributed by atoms with Crippen LogP contribution in [-0.2, 0) is 27.2 Å². The Balaban J connectivity index is 1.82. The van der Waals surface area contributed by atoms with Crippen LogP contribution in [0.4, 0.5) is 0 Å². The first-order valence-electron chi connectivity index (χ1n) is 13.9. The van der Waals surface area contributed by atoms with E-state index in [0.29, 0.717) is 23.1 Å². The van der Waals surface area contributed by atoms with Gasteiger partial charge in [-0.15, -0.1) is 0 Å². The fourth-order valence-corrected chi connectivity index (χ4v) is 7.11. The van der Waals surface area contributed by atoms with Gasteiger partial charge < -0.3 is 19.7 Å². The van der Waals surface area contributed by atoms with Gasteiger partial charge in [-0.1, -0.05) is 35.5 Å². The van der Waals surface area contributed by atoms with Crippen molar-refractivity contribution in [2.45, 2.75) is 91.0 Å². The monoisotopic (exact) mass is 546 g/mol. The van der Waals surface area contributed by atoms with Gasteiger partial charge in [0, 0.05) is 35.0 Å². The summed E-state index contributed by atoms with van der Waals surface area (Å²) in [5.74, 6) is -1.83. The van der Waals surface area contributed by atoms with Crippen molar-refractivity contribution in [3.8, 4) is 17.2 Å².